The van der Waals surface area contributed by atoms with Gasteiger partial charge in [-0.25, -0.2) is 0 Å². The maximum Gasteiger partial charge on any atom is 0.159 e. The molecular weight excluding hydrogens is 757 g/mol. The molecule has 0 saturated carbocycles. The Morgan fingerprint density at radius 1 is 0.258 bits per heavy atom. The highest BCUT2D eigenvalue weighted by atomic mass is 16.3. The lowest BCUT2D eigenvalue weighted by molar-refractivity contribution is 0.668. The number of benzene rings is 10. The molecule has 0 atom stereocenters. The van der Waals surface area contributed by atoms with Gasteiger partial charge in [-0.15, -0.1) is 0 Å². The summed E-state index contributed by atoms with van der Waals surface area (Å²) < 4.78 is 13.4. The summed E-state index contributed by atoms with van der Waals surface area (Å²) in [5.74, 6) is 0. The minimum absolute atomic E-state index is 0.846. The van der Waals surface area contributed by atoms with Crippen LogP contribution in [-0.4, -0.2) is 0 Å². The lowest BCUT2D eigenvalue weighted by Crippen LogP contribution is -2.11. The predicted molar refractivity (Wildman–Crippen MR) is 259 cm³/mol. The maximum atomic E-state index is 6.69. The molecule has 0 spiro atoms. The molecule has 0 radical (unpaired) electrons. The molecule has 10 aromatic carbocycles. The average molecular weight is 795 g/mol. The zero-order chi connectivity index (χ0) is 41.0. The fourth-order valence-electron chi connectivity index (χ4n) is 9.14. The van der Waals surface area contributed by atoms with E-state index >= 15 is 0 Å². The van der Waals surface area contributed by atoms with Crippen molar-refractivity contribution in [3.8, 4) is 22.3 Å². The van der Waals surface area contributed by atoms with Gasteiger partial charge >= 0.3 is 0 Å². The second-order valence-corrected chi connectivity index (χ2v) is 15.7. The van der Waals surface area contributed by atoms with Crippen LogP contribution in [0.2, 0.25) is 0 Å². The van der Waals surface area contributed by atoms with Crippen LogP contribution in [0.4, 0.5) is 34.1 Å². The van der Waals surface area contributed by atoms with Gasteiger partial charge in [0.2, 0.25) is 0 Å². The van der Waals surface area contributed by atoms with Crippen molar-refractivity contribution in [1.29, 1.82) is 0 Å². The summed E-state index contributed by atoms with van der Waals surface area (Å²) in [6, 6.07) is 81.5. The molecule has 0 aliphatic rings. The van der Waals surface area contributed by atoms with Crippen molar-refractivity contribution in [1.82, 2.24) is 0 Å². The van der Waals surface area contributed by atoms with Crippen LogP contribution in [0.5, 0.6) is 0 Å². The van der Waals surface area contributed by atoms with Crippen molar-refractivity contribution in [2.24, 2.45) is 0 Å². The van der Waals surface area contributed by atoms with Crippen LogP contribution in [0.25, 0.3) is 76.9 Å². The number of para-hydroxylation sites is 4. The van der Waals surface area contributed by atoms with Crippen LogP contribution in [0.1, 0.15) is 0 Å². The van der Waals surface area contributed by atoms with E-state index in [1.165, 1.54) is 10.9 Å². The summed E-state index contributed by atoms with van der Waals surface area (Å²) >= 11 is 0. The number of anilines is 6. The minimum atomic E-state index is 0.846. The van der Waals surface area contributed by atoms with Gasteiger partial charge in [-0.3, -0.25) is 0 Å². The fraction of sp³-hybridized carbons (Fsp3) is 0. The van der Waals surface area contributed by atoms with Crippen molar-refractivity contribution >= 4 is 88.8 Å². The van der Waals surface area contributed by atoms with E-state index in [0.29, 0.717) is 0 Å². The summed E-state index contributed by atoms with van der Waals surface area (Å²) in [7, 11) is 0. The molecule has 0 fully saturated rings. The summed E-state index contributed by atoms with van der Waals surface area (Å²) in [5.41, 5.74) is 14.1. The van der Waals surface area contributed by atoms with Crippen molar-refractivity contribution < 1.29 is 8.83 Å². The lowest BCUT2D eigenvalue weighted by atomic mass is 10.0. The van der Waals surface area contributed by atoms with Crippen LogP contribution >= 0.6 is 0 Å². The van der Waals surface area contributed by atoms with Crippen molar-refractivity contribution in [3.05, 3.63) is 231 Å². The van der Waals surface area contributed by atoms with E-state index in [4.69, 9.17) is 8.83 Å². The molecule has 2 aromatic heterocycles. The highest BCUT2D eigenvalue weighted by molar-refractivity contribution is 6.12. The minimum Gasteiger partial charge on any atom is -0.454 e. The molecule has 12 aromatic rings. The van der Waals surface area contributed by atoms with Crippen molar-refractivity contribution in [3.63, 3.8) is 0 Å². The number of hydrogen-bond acceptors (Lipinski definition) is 4. The largest absolute Gasteiger partial charge is 0.454 e. The molecule has 4 nitrogen and oxygen atoms in total. The first-order chi connectivity index (χ1) is 30.7. The zero-order valence-corrected chi connectivity index (χ0v) is 33.7. The summed E-state index contributed by atoms with van der Waals surface area (Å²) in [5, 5.41) is 6.70. The Bertz CT molecular complexity index is 3600. The van der Waals surface area contributed by atoms with E-state index < -0.39 is 0 Å². The predicted octanol–water partition coefficient (Wildman–Crippen LogP) is 16.9. The van der Waals surface area contributed by atoms with E-state index in [9.17, 15) is 0 Å². The topological polar surface area (TPSA) is 32.8 Å². The average Bonchev–Trinajstić information content (AvgIpc) is 3.92. The van der Waals surface area contributed by atoms with Crippen LogP contribution < -0.4 is 9.80 Å². The Kier molecular flexibility index (Phi) is 8.46. The van der Waals surface area contributed by atoms with Crippen LogP contribution in [0.3, 0.4) is 0 Å². The first-order valence-corrected chi connectivity index (χ1v) is 21.0. The highest BCUT2D eigenvalue weighted by Gasteiger charge is 2.23. The summed E-state index contributed by atoms with van der Waals surface area (Å²) in [6.45, 7) is 0. The number of fused-ring (bicyclic) bond motifs is 7. The van der Waals surface area contributed by atoms with E-state index in [0.717, 1.165) is 100 Å². The first-order valence-electron chi connectivity index (χ1n) is 21.0. The fourth-order valence-corrected chi connectivity index (χ4v) is 9.14. The maximum absolute atomic E-state index is 6.69. The number of nitrogens with zero attached hydrogens (tertiary/aromatic N) is 2. The molecule has 4 heteroatoms. The van der Waals surface area contributed by atoms with Gasteiger partial charge in [0.15, 0.2) is 11.2 Å². The third kappa shape index (κ3) is 6.00. The summed E-state index contributed by atoms with van der Waals surface area (Å²) in [4.78, 5) is 4.67. The first kappa shape index (κ1) is 35.6. The SMILES string of the molecule is c1ccc(-c2ccc(N(c3cccc(-c4cccc(N(c5cccc6ccccc56)c5cccc6c5oc5ccccc56)c4)c3)c3cccc4c3oc3ccccc34)cc2)cc1. The molecule has 0 bridgehead atoms. The van der Waals surface area contributed by atoms with E-state index in [1.54, 1.807) is 0 Å². The second-order valence-electron chi connectivity index (χ2n) is 15.7. The Balaban J connectivity index is 1.02. The van der Waals surface area contributed by atoms with Crippen LogP contribution in [0, 0.1) is 0 Å². The van der Waals surface area contributed by atoms with Crippen LogP contribution in [-0.2, 0) is 0 Å². The number of hydrogen-bond donors (Lipinski definition) is 0. The van der Waals surface area contributed by atoms with Gasteiger partial charge in [0, 0.05) is 44.0 Å². The van der Waals surface area contributed by atoms with Gasteiger partial charge < -0.3 is 18.6 Å². The summed E-state index contributed by atoms with van der Waals surface area (Å²) in [6.07, 6.45) is 0. The molecule has 0 N–H and O–H groups in total. The van der Waals surface area contributed by atoms with Crippen molar-refractivity contribution in [2.75, 3.05) is 9.80 Å². The van der Waals surface area contributed by atoms with Crippen molar-refractivity contribution in [2.45, 2.75) is 0 Å². The smallest absolute Gasteiger partial charge is 0.159 e. The lowest BCUT2D eigenvalue weighted by Gasteiger charge is -2.28. The zero-order valence-electron chi connectivity index (χ0n) is 33.7. The third-order valence-electron chi connectivity index (χ3n) is 12.0. The Hall–Kier alpha value is -8.34. The van der Waals surface area contributed by atoms with E-state index in [2.05, 4.69) is 216 Å². The standard InChI is InChI=1S/C58H38N2O2/c1-2-15-39(16-3-1)40-33-35-44(36-34-40)59(53-29-13-26-50-48-24-6-8-31-55(48)61-57(50)53)45-21-10-19-42(37-45)43-20-11-22-46(38-43)60(52-28-12-18-41-17-4-5-23-47(41)52)54-30-14-27-51-49-25-7-9-32-56(49)62-58(51)54/h1-38H. The molecule has 62 heavy (non-hydrogen) atoms. The second kappa shape index (κ2) is 14.7. The Labute approximate surface area is 358 Å². The normalized spacial score (nSPS) is 11.5. The molecular formula is C58H38N2O2. The van der Waals surface area contributed by atoms with Crippen LogP contribution in [0.15, 0.2) is 239 Å². The van der Waals surface area contributed by atoms with E-state index in [-0.39, 0.29) is 0 Å². The molecule has 2 heterocycles. The van der Waals surface area contributed by atoms with Gasteiger partial charge in [0.05, 0.1) is 17.1 Å². The highest BCUT2D eigenvalue weighted by Crippen LogP contribution is 2.46. The monoisotopic (exact) mass is 794 g/mol. The molecule has 0 unspecified atom stereocenters. The van der Waals surface area contributed by atoms with Gasteiger partial charge in [-0.05, 0) is 94.4 Å². The molecule has 0 amide bonds. The molecule has 12 rings (SSSR count). The Morgan fingerprint density at radius 2 is 0.694 bits per heavy atom. The number of rotatable bonds is 8. The quantitative estimate of drug-likeness (QED) is 0.153. The molecule has 0 saturated heterocycles. The molecule has 292 valence electrons. The van der Waals surface area contributed by atoms with Gasteiger partial charge in [0.1, 0.15) is 11.2 Å². The third-order valence-corrected chi connectivity index (χ3v) is 12.0. The van der Waals surface area contributed by atoms with Gasteiger partial charge in [0.25, 0.3) is 0 Å². The number of furan rings is 2. The Morgan fingerprint density at radius 3 is 1.34 bits per heavy atom. The van der Waals surface area contributed by atoms with Gasteiger partial charge in [-0.2, -0.15) is 0 Å². The molecule has 0 aliphatic carbocycles. The van der Waals surface area contributed by atoms with Gasteiger partial charge in [-0.1, -0.05) is 164 Å². The van der Waals surface area contributed by atoms with E-state index in [1.807, 2.05) is 24.3 Å². The molecule has 0 aliphatic heterocycles.